The van der Waals surface area contributed by atoms with Crippen molar-refractivity contribution in [3.8, 4) is 0 Å². The minimum atomic E-state index is -0.673. The Labute approximate surface area is 229 Å². The highest BCUT2D eigenvalue weighted by Crippen LogP contribution is 2.32. The molecule has 10 heteroatoms. The van der Waals surface area contributed by atoms with Gasteiger partial charge in [0.15, 0.2) is 0 Å². The SMILES string of the molecule is Cn1c(=O)n(C2CCC(=O)NC2=O)c2ccc(C3CCN(CC4CCCCN4C(=O)OC(C)(C)C)CC3)cc21. The number of nitrogens with one attached hydrogen (secondary N) is 1. The van der Waals surface area contributed by atoms with Crippen LogP contribution in [0.15, 0.2) is 23.0 Å². The Morgan fingerprint density at radius 3 is 2.44 bits per heavy atom. The molecule has 0 radical (unpaired) electrons. The molecule has 10 nitrogen and oxygen atoms in total. The summed E-state index contributed by atoms with van der Waals surface area (Å²) < 4.78 is 8.82. The van der Waals surface area contributed by atoms with E-state index in [1.807, 2.05) is 31.7 Å². The molecule has 1 N–H and O–H groups in total. The van der Waals surface area contributed by atoms with E-state index in [-0.39, 0.29) is 30.2 Å². The Bertz CT molecular complexity index is 1310. The number of nitrogens with zero attached hydrogens (tertiary/aromatic N) is 4. The molecule has 1 aromatic carbocycles. The van der Waals surface area contributed by atoms with Gasteiger partial charge in [0.1, 0.15) is 11.6 Å². The minimum absolute atomic E-state index is 0.183. The van der Waals surface area contributed by atoms with Crippen LogP contribution in [0.4, 0.5) is 4.79 Å². The standard InChI is InChI=1S/C29H41N5O5/c1-29(2,3)39-28(38)33-14-6-5-7-21(33)18-32-15-12-19(13-16-32)20-8-9-22-24(17-20)31(4)27(37)34(22)23-10-11-25(35)30-26(23)36/h8-9,17,19,21,23H,5-7,10-16,18H2,1-4H3,(H,30,35,36). The fourth-order valence-corrected chi connectivity index (χ4v) is 6.36. The Morgan fingerprint density at radius 2 is 1.74 bits per heavy atom. The summed E-state index contributed by atoms with van der Waals surface area (Å²) in [6.07, 6.45) is 5.53. The monoisotopic (exact) mass is 539 g/mol. The number of carbonyl (C=O) groups is 3. The Hall–Kier alpha value is -3.14. The molecule has 4 heterocycles. The predicted molar refractivity (Wildman–Crippen MR) is 148 cm³/mol. The number of amides is 3. The number of rotatable bonds is 4. The number of hydrogen-bond donors (Lipinski definition) is 1. The number of ether oxygens (including phenoxy) is 1. The molecule has 5 rings (SSSR count). The average Bonchev–Trinajstić information content (AvgIpc) is 3.13. The first-order valence-corrected chi connectivity index (χ1v) is 14.3. The molecule has 39 heavy (non-hydrogen) atoms. The molecule has 3 fully saturated rings. The Balaban J connectivity index is 1.25. The van der Waals surface area contributed by atoms with Crippen LogP contribution in [0.3, 0.4) is 0 Å². The first-order chi connectivity index (χ1) is 18.5. The molecule has 212 valence electrons. The van der Waals surface area contributed by atoms with Crippen molar-refractivity contribution in [3.05, 3.63) is 34.2 Å². The zero-order chi connectivity index (χ0) is 27.9. The van der Waals surface area contributed by atoms with E-state index in [1.165, 1.54) is 10.1 Å². The van der Waals surface area contributed by atoms with Gasteiger partial charge in [0.05, 0.1) is 11.0 Å². The van der Waals surface area contributed by atoms with Crippen LogP contribution in [0, 0.1) is 0 Å². The van der Waals surface area contributed by atoms with Crippen LogP contribution in [-0.2, 0) is 21.4 Å². The first-order valence-electron chi connectivity index (χ1n) is 14.3. The summed E-state index contributed by atoms with van der Waals surface area (Å²) in [6.45, 7) is 9.27. The van der Waals surface area contributed by atoms with E-state index in [9.17, 15) is 19.2 Å². The van der Waals surface area contributed by atoms with Crippen molar-refractivity contribution in [3.63, 3.8) is 0 Å². The predicted octanol–water partition coefficient (Wildman–Crippen LogP) is 3.29. The normalized spacial score (nSPS) is 23.7. The number of benzene rings is 1. The number of carbonyl (C=O) groups excluding carboxylic acids is 3. The molecule has 2 atom stereocenters. The third kappa shape index (κ3) is 5.76. The molecule has 1 aromatic heterocycles. The number of imidazole rings is 1. The van der Waals surface area contributed by atoms with E-state index in [0.29, 0.717) is 12.3 Å². The summed E-state index contributed by atoms with van der Waals surface area (Å²) in [5, 5.41) is 2.36. The van der Waals surface area contributed by atoms with Gasteiger partial charge in [0, 0.05) is 32.6 Å². The van der Waals surface area contributed by atoms with E-state index in [4.69, 9.17) is 4.74 Å². The van der Waals surface area contributed by atoms with E-state index in [1.54, 1.807) is 11.6 Å². The van der Waals surface area contributed by atoms with Gasteiger partial charge in [-0.1, -0.05) is 6.07 Å². The van der Waals surface area contributed by atoms with E-state index >= 15 is 0 Å². The number of imide groups is 1. The van der Waals surface area contributed by atoms with Crippen LogP contribution >= 0.6 is 0 Å². The van der Waals surface area contributed by atoms with Crippen LogP contribution in [0.2, 0.25) is 0 Å². The lowest BCUT2D eigenvalue weighted by Crippen LogP contribution is -2.51. The molecule has 0 saturated carbocycles. The average molecular weight is 540 g/mol. The molecule has 3 aliphatic rings. The van der Waals surface area contributed by atoms with Gasteiger partial charge in [-0.05, 0) is 96.0 Å². The molecule has 0 bridgehead atoms. The summed E-state index contributed by atoms with van der Waals surface area (Å²) in [5.74, 6) is -0.326. The lowest BCUT2D eigenvalue weighted by molar-refractivity contribution is -0.135. The summed E-state index contributed by atoms with van der Waals surface area (Å²) in [6, 6.07) is 5.62. The maximum Gasteiger partial charge on any atom is 0.410 e. The number of likely N-dealkylation sites (tertiary alicyclic amines) is 2. The maximum atomic E-state index is 13.1. The molecule has 3 saturated heterocycles. The van der Waals surface area contributed by atoms with Crippen molar-refractivity contribution in [1.29, 1.82) is 0 Å². The van der Waals surface area contributed by atoms with Gasteiger partial charge < -0.3 is 14.5 Å². The summed E-state index contributed by atoms with van der Waals surface area (Å²) in [4.78, 5) is 54.4. The third-order valence-corrected chi connectivity index (χ3v) is 8.42. The molecule has 2 aromatic rings. The summed E-state index contributed by atoms with van der Waals surface area (Å²) in [7, 11) is 1.74. The highest BCUT2D eigenvalue weighted by molar-refractivity contribution is 6.00. The first kappa shape index (κ1) is 27.4. The van der Waals surface area contributed by atoms with E-state index < -0.39 is 17.6 Å². The molecular formula is C29H41N5O5. The molecule has 3 aliphatic heterocycles. The second-order valence-electron chi connectivity index (χ2n) is 12.3. The number of piperidine rings is 3. The van der Waals surface area contributed by atoms with Crippen LogP contribution in [0.25, 0.3) is 11.0 Å². The maximum absolute atomic E-state index is 13.1. The second kappa shape index (κ2) is 10.8. The van der Waals surface area contributed by atoms with Crippen LogP contribution in [-0.4, -0.2) is 74.7 Å². The highest BCUT2D eigenvalue weighted by atomic mass is 16.6. The van der Waals surface area contributed by atoms with E-state index in [2.05, 4.69) is 22.3 Å². The lowest BCUT2D eigenvalue weighted by Gasteiger charge is -2.41. The van der Waals surface area contributed by atoms with Crippen molar-refractivity contribution < 1.29 is 19.1 Å². The molecular weight excluding hydrogens is 498 g/mol. The Morgan fingerprint density at radius 1 is 1.00 bits per heavy atom. The van der Waals surface area contributed by atoms with E-state index in [0.717, 1.165) is 69.3 Å². The quantitative estimate of drug-likeness (QED) is 0.598. The van der Waals surface area contributed by atoms with Crippen molar-refractivity contribution in [1.82, 2.24) is 24.3 Å². The molecule has 2 unspecified atom stereocenters. The summed E-state index contributed by atoms with van der Waals surface area (Å²) >= 11 is 0. The number of aryl methyl sites for hydroxylation is 1. The molecule has 0 spiro atoms. The van der Waals surface area contributed by atoms with Gasteiger partial charge in [-0.2, -0.15) is 0 Å². The van der Waals surface area contributed by atoms with Crippen LogP contribution in [0.5, 0.6) is 0 Å². The smallest absolute Gasteiger partial charge is 0.410 e. The number of hydrogen-bond acceptors (Lipinski definition) is 6. The zero-order valence-electron chi connectivity index (χ0n) is 23.6. The van der Waals surface area contributed by atoms with Crippen molar-refractivity contribution in [2.45, 2.75) is 89.3 Å². The van der Waals surface area contributed by atoms with Crippen molar-refractivity contribution in [2.24, 2.45) is 7.05 Å². The van der Waals surface area contributed by atoms with Gasteiger partial charge in [0.2, 0.25) is 11.8 Å². The largest absolute Gasteiger partial charge is 0.444 e. The van der Waals surface area contributed by atoms with Crippen LogP contribution in [0.1, 0.15) is 83.2 Å². The van der Waals surface area contributed by atoms with Crippen molar-refractivity contribution >= 4 is 28.9 Å². The fraction of sp³-hybridized carbons (Fsp3) is 0.655. The highest BCUT2D eigenvalue weighted by Gasteiger charge is 2.34. The van der Waals surface area contributed by atoms with Crippen LogP contribution < -0.4 is 11.0 Å². The van der Waals surface area contributed by atoms with Gasteiger partial charge in [-0.25, -0.2) is 9.59 Å². The second-order valence-corrected chi connectivity index (χ2v) is 12.3. The summed E-state index contributed by atoms with van der Waals surface area (Å²) in [5.41, 5.74) is 1.99. The molecule has 0 aliphatic carbocycles. The Kier molecular flexibility index (Phi) is 7.59. The van der Waals surface area contributed by atoms with Crippen molar-refractivity contribution in [2.75, 3.05) is 26.2 Å². The zero-order valence-corrected chi connectivity index (χ0v) is 23.6. The topological polar surface area (TPSA) is 106 Å². The van der Waals surface area contributed by atoms with Gasteiger partial charge in [0.25, 0.3) is 0 Å². The molecule has 3 amide bonds. The van der Waals surface area contributed by atoms with Gasteiger partial charge >= 0.3 is 11.8 Å². The lowest BCUT2D eigenvalue weighted by atomic mass is 9.88. The number of aromatic nitrogens is 2. The third-order valence-electron chi connectivity index (χ3n) is 8.42. The number of fused-ring (bicyclic) bond motifs is 1. The van der Waals surface area contributed by atoms with Gasteiger partial charge in [-0.15, -0.1) is 0 Å². The van der Waals surface area contributed by atoms with Gasteiger partial charge in [-0.3, -0.25) is 24.0 Å². The minimum Gasteiger partial charge on any atom is -0.444 e. The fourth-order valence-electron chi connectivity index (χ4n) is 6.36.